The fourth-order valence-corrected chi connectivity index (χ4v) is 3.08. The van der Waals surface area contributed by atoms with Crippen molar-refractivity contribution in [1.82, 2.24) is 4.57 Å². The second-order valence-corrected chi connectivity index (χ2v) is 5.90. The van der Waals surface area contributed by atoms with Gasteiger partial charge in [0.05, 0.1) is 0 Å². The Labute approximate surface area is 132 Å². The van der Waals surface area contributed by atoms with Crippen molar-refractivity contribution in [1.29, 1.82) is 0 Å². The molecule has 0 atom stereocenters. The first kappa shape index (κ1) is 15.6. The Hall–Kier alpha value is -2.24. The van der Waals surface area contributed by atoms with Crippen LogP contribution in [0.3, 0.4) is 0 Å². The molecule has 1 aromatic heterocycles. The van der Waals surface area contributed by atoms with E-state index in [0.717, 1.165) is 37.8 Å². The lowest BCUT2D eigenvalue weighted by Gasteiger charge is -2.16. The highest BCUT2D eigenvalue weighted by Gasteiger charge is 2.26. The normalized spacial score (nSPS) is 15.1. The van der Waals surface area contributed by atoms with Gasteiger partial charge in [0, 0.05) is 29.6 Å². The quantitative estimate of drug-likeness (QED) is 0.881. The minimum atomic E-state index is -1.06. The van der Waals surface area contributed by atoms with E-state index >= 15 is 0 Å². The molecule has 1 aliphatic rings. The molecule has 23 heavy (non-hydrogen) atoms. The second-order valence-electron chi connectivity index (χ2n) is 5.90. The maximum atomic E-state index is 14.4. The van der Waals surface area contributed by atoms with Gasteiger partial charge in [0.25, 0.3) is 5.91 Å². The number of aromatic nitrogens is 1. The predicted molar refractivity (Wildman–Crippen MR) is 80.9 cm³/mol. The third-order valence-corrected chi connectivity index (χ3v) is 4.26. The Morgan fingerprint density at radius 2 is 1.87 bits per heavy atom. The second kappa shape index (κ2) is 6.10. The van der Waals surface area contributed by atoms with Crippen LogP contribution in [0, 0.1) is 24.4 Å². The number of amides is 1. The number of nitrogens with zero attached hydrogens (tertiary/aromatic N) is 1. The summed E-state index contributed by atoms with van der Waals surface area (Å²) in [5.41, 5.74) is 0.427. The van der Waals surface area contributed by atoms with Crippen LogP contribution in [-0.2, 0) is 0 Å². The van der Waals surface area contributed by atoms with E-state index in [1.165, 1.54) is 6.07 Å². The first-order valence-corrected chi connectivity index (χ1v) is 7.60. The first-order chi connectivity index (χ1) is 11.0. The van der Waals surface area contributed by atoms with Gasteiger partial charge in [-0.3, -0.25) is 4.79 Å². The fraction of sp³-hybridized carbons (Fsp3) is 0.353. The molecule has 6 heteroatoms. The van der Waals surface area contributed by atoms with E-state index in [1.54, 1.807) is 17.7 Å². The number of benzene rings is 1. The molecule has 122 valence electrons. The number of nitrogens with one attached hydrogen (secondary N) is 1. The van der Waals surface area contributed by atoms with Crippen LogP contribution >= 0.6 is 0 Å². The topological polar surface area (TPSA) is 34.0 Å². The Morgan fingerprint density at radius 3 is 2.52 bits per heavy atom. The lowest BCUT2D eigenvalue weighted by molar-refractivity contribution is 0.101. The molecule has 1 saturated carbocycles. The zero-order chi connectivity index (χ0) is 16.6. The van der Waals surface area contributed by atoms with Crippen molar-refractivity contribution in [2.24, 2.45) is 0 Å². The molecular formula is C17H17F3N2O. The molecule has 1 N–H and O–H groups in total. The van der Waals surface area contributed by atoms with Gasteiger partial charge in [-0.1, -0.05) is 12.8 Å². The number of carbonyl (C=O) groups is 1. The maximum Gasteiger partial charge on any atom is 0.275 e. The van der Waals surface area contributed by atoms with Gasteiger partial charge in [-0.05, 0) is 31.9 Å². The maximum absolute atomic E-state index is 14.4. The van der Waals surface area contributed by atoms with Crippen molar-refractivity contribution in [3.8, 4) is 0 Å². The highest BCUT2D eigenvalue weighted by Crippen LogP contribution is 2.33. The van der Waals surface area contributed by atoms with Crippen molar-refractivity contribution in [3.63, 3.8) is 0 Å². The van der Waals surface area contributed by atoms with Gasteiger partial charge in [0.2, 0.25) is 0 Å². The van der Waals surface area contributed by atoms with E-state index in [1.807, 2.05) is 0 Å². The van der Waals surface area contributed by atoms with Crippen LogP contribution in [0.1, 0.15) is 47.8 Å². The van der Waals surface area contributed by atoms with Gasteiger partial charge in [-0.15, -0.1) is 0 Å². The average molecular weight is 322 g/mol. The van der Waals surface area contributed by atoms with Crippen LogP contribution in [0.5, 0.6) is 0 Å². The highest BCUT2D eigenvalue weighted by molar-refractivity contribution is 6.03. The summed E-state index contributed by atoms with van der Waals surface area (Å²) in [4.78, 5) is 12.4. The summed E-state index contributed by atoms with van der Waals surface area (Å²) in [6.45, 7) is 1.61. The number of aryl methyl sites for hydroxylation is 1. The van der Waals surface area contributed by atoms with Crippen molar-refractivity contribution in [2.75, 3.05) is 5.32 Å². The van der Waals surface area contributed by atoms with E-state index in [9.17, 15) is 18.0 Å². The molecule has 0 saturated heterocycles. The summed E-state index contributed by atoms with van der Waals surface area (Å²) in [6, 6.07) is 3.14. The van der Waals surface area contributed by atoms with Crippen LogP contribution in [0.15, 0.2) is 24.4 Å². The molecule has 1 heterocycles. The summed E-state index contributed by atoms with van der Waals surface area (Å²) in [7, 11) is 0. The van der Waals surface area contributed by atoms with E-state index < -0.39 is 23.4 Å². The molecule has 0 radical (unpaired) electrons. The molecule has 0 spiro atoms. The van der Waals surface area contributed by atoms with Crippen LogP contribution in [0.2, 0.25) is 0 Å². The lowest BCUT2D eigenvalue weighted by Crippen LogP contribution is -2.20. The first-order valence-electron chi connectivity index (χ1n) is 7.60. The minimum Gasteiger partial charge on any atom is -0.338 e. The van der Waals surface area contributed by atoms with Crippen LogP contribution in [0.25, 0.3) is 0 Å². The number of carbonyl (C=O) groups excluding carboxylic acids is 1. The Bertz CT molecular complexity index is 749. The van der Waals surface area contributed by atoms with Gasteiger partial charge in [-0.2, -0.15) is 0 Å². The summed E-state index contributed by atoms with van der Waals surface area (Å²) in [5, 5.41) is 2.44. The molecule has 0 aliphatic heterocycles. The number of hydrogen-bond donors (Lipinski definition) is 1. The summed E-state index contributed by atoms with van der Waals surface area (Å²) >= 11 is 0. The number of anilines is 1. The monoisotopic (exact) mass is 322 g/mol. The molecule has 1 amide bonds. The average Bonchev–Trinajstić information content (AvgIpc) is 3.12. The SMILES string of the molecule is Cc1cn(C2CCCC2)c(C(=O)Nc2ccc(F)c(F)c2)c1F. The van der Waals surface area contributed by atoms with Crippen LogP contribution in [-0.4, -0.2) is 10.5 Å². The molecule has 3 nitrogen and oxygen atoms in total. The highest BCUT2D eigenvalue weighted by atomic mass is 19.2. The molecule has 1 aromatic carbocycles. The zero-order valence-electron chi connectivity index (χ0n) is 12.7. The number of halogens is 3. The largest absolute Gasteiger partial charge is 0.338 e. The van der Waals surface area contributed by atoms with Crippen molar-refractivity contribution in [3.05, 3.63) is 53.1 Å². The van der Waals surface area contributed by atoms with Crippen molar-refractivity contribution >= 4 is 11.6 Å². The van der Waals surface area contributed by atoms with Gasteiger partial charge in [0.1, 0.15) is 5.69 Å². The van der Waals surface area contributed by atoms with E-state index in [0.29, 0.717) is 5.56 Å². The fourth-order valence-electron chi connectivity index (χ4n) is 3.08. The smallest absolute Gasteiger partial charge is 0.275 e. The molecule has 1 aliphatic carbocycles. The standard InChI is InChI=1S/C17H17F3N2O/c1-10-9-22(12-4-2-3-5-12)16(15(10)20)17(23)21-11-6-7-13(18)14(19)8-11/h6-9,12H,2-5H2,1H3,(H,21,23). The summed E-state index contributed by atoms with van der Waals surface area (Å²) < 4.78 is 42.2. The molecule has 1 fully saturated rings. The van der Waals surface area contributed by atoms with Gasteiger partial charge >= 0.3 is 0 Å². The lowest BCUT2D eigenvalue weighted by atomic mass is 10.2. The van der Waals surface area contributed by atoms with E-state index in [4.69, 9.17) is 0 Å². The van der Waals surface area contributed by atoms with Crippen LogP contribution < -0.4 is 5.32 Å². The zero-order valence-corrected chi connectivity index (χ0v) is 12.7. The van der Waals surface area contributed by atoms with E-state index in [2.05, 4.69) is 5.32 Å². The minimum absolute atomic E-state index is 0.0564. The van der Waals surface area contributed by atoms with Gasteiger partial charge in [-0.25, -0.2) is 13.2 Å². The van der Waals surface area contributed by atoms with Crippen molar-refractivity contribution < 1.29 is 18.0 Å². The summed E-state index contributed by atoms with van der Waals surface area (Å²) in [6.07, 6.45) is 5.55. The Kier molecular flexibility index (Phi) is 4.15. The van der Waals surface area contributed by atoms with Crippen molar-refractivity contribution in [2.45, 2.75) is 38.6 Å². The molecular weight excluding hydrogens is 305 g/mol. The third-order valence-electron chi connectivity index (χ3n) is 4.26. The molecule has 2 aromatic rings. The predicted octanol–water partition coefficient (Wildman–Crippen LogP) is 4.58. The molecule has 3 rings (SSSR count). The van der Waals surface area contributed by atoms with Crippen LogP contribution in [0.4, 0.5) is 18.9 Å². The number of rotatable bonds is 3. The third kappa shape index (κ3) is 2.98. The molecule has 0 bridgehead atoms. The summed E-state index contributed by atoms with van der Waals surface area (Å²) in [5.74, 6) is -3.30. The van der Waals surface area contributed by atoms with E-state index in [-0.39, 0.29) is 17.4 Å². The number of hydrogen-bond acceptors (Lipinski definition) is 1. The molecule has 0 unspecified atom stereocenters. The Morgan fingerprint density at radius 1 is 1.17 bits per heavy atom. The van der Waals surface area contributed by atoms with Gasteiger partial charge < -0.3 is 9.88 Å². The Balaban J connectivity index is 1.90. The van der Waals surface area contributed by atoms with Gasteiger partial charge in [0.15, 0.2) is 17.5 Å².